The molecule has 0 bridgehead atoms. The first-order valence-corrected chi connectivity index (χ1v) is 9.95. The molecule has 1 aliphatic carbocycles. The van der Waals surface area contributed by atoms with Gasteiger partial charge in [-0.1, -0.05) is 0 Å². The van der Waals surface area contributed by atoms with E-state index in [0.29, 0.717) is 17.7 Å². The molecule has 3 N–H and O–H groups in total. The molecule has 1 saturated carbocycles. The summed E-state index contributed by atoms with van der Waals surface area (Å²) in [6.45, 7) is 5.41. The number of primary amides is 1. The van der Waals surface area contributed by atoms with Gasteiger partial charge in [0.1, 0.15) is 5.82 Å². The molecule has 1 spiro atoms. The van der Waals surface area contributed by atoms with E-state index < -0.39 is 5.91 Å². The van der Waals surface area contributed by atoms with E-state index in [1.54, 1.807) is 30.5 Å². The van der Waals surface area contributed by atoms with Crippen LogP contribution in [0.25, 0.3) is 0 Å². The molecule has 1 aromatic carbocycles. The molecule has 2 aliphatic rings. The van der Waals surface area contributed by atoms with Crippen molar-refractivity contribution < 1.29 is 9.59 Å². The maximum absolute atomic E-state index is 13.4. The highest BCUT2D eigenvalue weighted by molar-refractivity contribution is 5.97. The van der Waals surface area contributed by atoms with Gasteiger partial charge in [-0.25, -0.2) is 4.98 Å². The molecule has 7 heteroatoms. The zero-order valence-corrected chi connectivity index (χ0v) is 16.2. The molecule has 2 fully saturated rings. The van der Waals surface area contributed by atoms with Gasteiger partial charge in [0.15, 0.2) is 0 Å². The minimum Gasteiger partial charge on any atom is -0.366 e. The van der Waals surface area contributed by atoms with Gasteiger partial charge in [-0.2, -0.15) is 0 Å². The van der Waals surface area contributed by atoms with Gasteiger partial charge in [-0.05, 0) is 69.0 Å². The minimum atomic E-state index is -0.489. The number of benzene rings is 1. The number of nitrogens with two attached hydrogens (primary N) is 1. The van der Waals surface area contributed by atoms with E-state index in [1.165, 1.54) is 0 Å². The number of hydrogen-bond acceptors (Lipinski definition) is 4. The molecule has 2 amide bonds. The molecule has 2 aromatic rings. The first-order valence-electron chi connectivity index (χ1n) is 9.95. The van der Waals surface area contributed by atoms with E-state index in [-0.39, 0.29) is 17.4 Å². The van der Waals surface area contributed by atoms with Crippen LogP contribution in [-0.4, -0.2) is 45.4 Å². The van der Waals surface area contributed by atoms with E-state index >= 15 is 0 Å². The first kappa shape index (κ1) is 18.7. The molecule has 1 aromatic heterocycles. The summed E-state index contributed by atoms with van der Waals surface area (Å²) >= 11 is 0. The predicted molar refractivity (Wildman–Crippen MR) is 106 cm³/mol. The van der Waals surface area contributed by atoms with Crippen LogP contribution in [0, 0.1) is 5.41 Å². The second kappa shape index (κ2) is 7.39. The van der Waals surface area contributed by atoms with Crippen molar-refractivity contribution in [1.29, 1.82) is 0 Å². The number of nitrogens with one attached hydrogen (secondary N) is 1. The highest BCUT2D eigenvalue weighted by Crippen LogP contribution is 2.56. The van der Waals surface area contributed by atoms with Crippen molar-refractivity contribution in [2.24, 2.45) is 11.1 Å². The quantitative estimate of drug-likeness (QED) is 0.798. The second-order valence-corrected chi connectivity index (χ2v) is 7.84. The molecular formula is C21H27N5O2. The molecule has 1 atom stereocenters. The maximum Gasteiger partial charge on any atom is 0.254 e. The summed E-state index contributed by atoms with van der Waals surface area (Å²) in [4.78, 5) is 31.2. The predicted octanol–water partition coefficient (Wildman–Crippen LogP) is 1.79. The number of amides is 2. The van der Waals surface area contributed by atoms with Crippen molar-refractivity contribution in [2.75, 3.05) is 13.1 Å². The van der Waals surface area contributed by atoms with Crippen molar-refractivity contribution in [2.45, 2.75) is 45.3 Å². The van der Waals surface area contributed by atoms with Crippen LogP contribution in [0.5, 0.6) is 0 Å². The number of aryl methyl sites for hydroxylation is 1. The zero-order chi connectivity index (χ0) is 19.7. The van der Waals surface area contributed by atoms with E-state index in [2.05, 4.69) is 21.8 Å². The highest BCUT2D eigenvalue weighted by Gasteiger charge is 2.57. The molecule has 0 unspecified atom stereocenters. The monoisotopic (exact) mass is 381 g/mol. The number of imidazole rings is 1. The standard InChI is InChI=1S/C21H27N5O2/c1-2-25-12-11-24-18(25)14-26(17-13-21(17)7-9-23-10-8-21)20(28)16-5-3-15(4-6-16)19(22)27/h3-6,11-12,17,23H,2,7-10,13-14H2,1H3,(H2,22,27)/t17-/m0/s1. The number of piperidine rings is 1. The van der Waals surface area contributed by atoms with Crippen LogP contribution in [0.4, 0.5) is 0 Å². The normalized spacial score (nSPS) is 20.1. The molecule has 1 aliphatic heterocycles. The van der Waals surface area contributed by atoms with Crippen molar-refractivity contribution in [3.8, 4) is 0 Å². The van der Waals surface area contributed by atoms with E-state index in [0.717, 1.165) is 44.7 Å². The topological polar surface area (TPSA) is 93.2 Å². The zero-order valence-electron chi connectivity index (χ0n) is 16.2. The minimum absolute atomic E-state index is 0.0120. The SMILES string of the molecule is CCn1ccnc1CN(C(=O)c1ccc(C(N)=O)cc1)[C@H]1CC12CCNCC2. The highest BCUT2D eigenvalue weighted by atomic mass is 16.2. The van der Waals surface area contributed by atoms with Gasteiger partial charge in [-0.15, -0.1) is 0 Å². The fourth-order valence-corrected chi connectivity index (χ4v) is 4.43. The Morgan fingerprint density at radius 2 is 1.93 bits per heavy atom. The summed E-state index contributed by atoms with van der Waals surface area (Å²) in [5.41, 5.74) is 6.54. The Morgan fingerprint density at radius 3 is 2.57 bits per heavy atom. The lowest BCUT2D eigenvalue weighted by atomic mass is 9.93. The van der Waals surface area contributed by atoms with Crippen molar-refractivity contribution in [3.63, 3.8) is 0 Å². The van der Waals surface area contributed by atoms with Crippen molar-refractivity contribution >= 4 is 11.8 Å². The molecule has 4 rings (SSSR count). The van der Waals surface area contributed by atoms with E-state index in [1.807, 2.05) is 11.1 Å². The van der Waals surface area contributed by atoms with Crippen LogP contribution in [0.3, 0.4) is 0 Å². The molecule has 7 nitrogen and oxygen atoms in total. The molecule has 148 valence electrons. The van der Waals surface area contributed by atoms with Crippen molar-refractivity contribution in [1.82, 2.24) is 19.8 Å². The van der Waals surface area contributed by atoms with Gasteiger partial charge in [0.2, 0.25) is 5.91 Å². The lowest BCUT2D eigenvalue weighted by Crippen LogP contribution is -2.39. The second-order valence-electron chi connectivity index (χ2n) is 7.84. The fraction of sp³-hybridized carbons (Fsp3) is 0.476. The Bertz CT molecular complexity index is 867. The average Bonchev–Trinajstić information content (AvgIpc) is 3.19. The first-order chi connectivity index (χ1) is 13.5. The third-order valence-electron chi connectivity index (χ3n) is 6.25. The van der Waals surface area contributed by atoms with Crippen LogP contribution >= 0.6 is 0 Å². The van der Waals surface area contributed by atoms with Gasteiger partial charge in [-0.3, -0.25) is 9.59 Å². The molecular weight excluding hydrogens is 354 g/mol. The smallest absolute Gasteiger partial charge is 0.254 e. The molecule has 2 heterocycles. The summed E-state index contributed by atoms with van der Waals surface area (Å²) in [5, 5.41) is 3.42. The molecule has 1 saturated heterocycles. The van der Waals surface area contributed by atoms with Gasteiger partial charge in [0, 0.05) is 36.1 Å². The van der Waals surface area contributed by atoms with Crippen LogP contribution in [0.1, 0.15) is 52.7 Å². The Kier molecular flexibility index (Phi) is 4.93. The van der Waals surface area contributed by atoms with Gasteiger partial charge in [0.05, 0.1) is 6.54 Å². The number of carbonyl (C=O) groups is 2. The number of rotatable bonds is 6. The van der Waals surface area contributed by atoms with Gasteiger partial charge < -0.3 is 20.5 Å². The Hall–Kier alpha value is -2.67. The molecule has 28 heavy (non-hydrogen) atoms. The number of nitrogens with zero attached hydrogens (tertiary/aromatic N) is 3. The molecule has 0 radical (unpaired) electrons. The van der Waals surface area contributed by atoms with E-state index in [4.69, 9.17) is 5.73 Å². The van der Waals surface area contributed by atoms with Gasteiger partial charge in [0.25, 0.3) is 5.91 Å². The Balaban J connectivity index is 1.60. The number of carbonyl (C=O) groups excluding carboxylic acids is 2. The number of hydrogen-bond donors (Lipinski definition) is 2. The average molecular weight is 381 g/mol. The van der Waals surface area contributed by atoms with E-state index in [9.17, 15) is 9.59 Å². The van der Waals surface area contributed by atoms with Gasteiger partial charge >= 0.3 is 0 Å². The maximum atomic E-state index is 13.4. The summed E-state index contributed by atoms with van der Waals surface area (Å²) in [5.74, 6) is 0.402. The lowest BCUT2D eigenvalue weighted by molar-refractivity contribution is 0.0684. The lowest BCUT2D eigenvalue weighted by Gasteiger charge is -2.29. The fourth-order valence-electron chi connectivity index (χ4n) is 4.43. The van der Waals surface area contributed by atoms with Crippen LogP contribution in [-0.2, 0) is 13.1 Å². The Morgan fingerprint density at radius 1 is 1.25 bits per heavy atom. The summed E-state index contributed by atoms with van der Waals surface area (Å²) < 4.78 is 2.08. The number of aromatic nitrogens is 2. The summed E-state index contributed by atoms with van der Waals surface area (Å²) in [6, 6.07) is 6.86. The summed E-state index contributed by atoms with van der Waals surface area (Å²) in [7, 11) is 0. The third kappa shape index (κ3) is 3.42. The van der Waals surface area contributed by atoms with Crippen LogP contribution in [0.15, 0.2) is 36.7 Å². The van der Waals surface area contributed by atoms with Crippen molar-refractivity contribution in [3.05, 3.63) is 53.6 Å². The van der Waals surface area contributed by atoms with Crippen LogP contribution < -0.4 is 11.1 Å². The largest absolute Gasteiger partial charge is 0.366 e. The third-order valence-corrected chi connectivity index (χ3v) is 6.25. The summed E-state index contributed by atoms with van der Waals surface area (Å²) in [6.07, 6.45) is 6.99. The van der Waals surface area contributed by atoms with Crippen LogP contribution in [0.2, 0.25) is 0 Å². The Labute approximate surface area is 164 Å².